The van der Waals surface area contributed by atoms with Gasteiger partial charge in [-0.25, -0.2) is 4.79 Å². The Morgan fingerprint density at radius 2 is 1.62 bits per heavy atom. The van der Waals surface area contributed by atoms with Crippen LogP contribution in [-0.2, 0) is 14.3 Å². The number of ether oxygens (including phenoxy) is 1. The second-order valence-electron chi connectivity index (χ2n) is 9.72. The van der Waals surface area contributed by atoms with Gasteiger partial charge in [0, 0.05) is 19.0 Å². The summed E-state index contributed by atoms with van der Waals surface area (Å²) in [5.74, 6) is -1.48. The standard InChI is InChI=1S/C27H32N2O5/c1-16(2)11-18(25(30)28-13-17-12-23(17)26(31)32)14-29-27(33)34-15-24-21-9-5-3-7-19(21)20-8-4-6-10-22(20)24/h3-10,16-18,23-24H,11-15H2,1-2H3,(H,28,30)(H,29,33)(H,31,32). The molecule has 2 amide bonds. The Morgan fingerprint density at radius 3 is 2.18 bits per heavy atom. The van der Waals surface area contributed by atoms with E-state index in [0.29, 0.717) is 19.4 Å². The van der Waals surface area contributed by atoms with E-state index in [0.717, 1.165) is 11.1 Å². The number of carboxylic acid groups (broad SMARTS) is 1. The summed E-state index contributed by atoms with van der Waals surface area (Å²) in [6.45, 7) is 4.80. The van der Waals surface area contributed by atoms with Crippen LogP contribution in [0.2, 0.25) is 0 Å². The van der Waals surface area contributed by atoms with Crippen molar-refractivity contribution in [2.75, 3.05) is 19.7 Å². The minimum Gasteiger partial charge on any atom is -0.481 e. The summed E-state index contributed by atoms with van der Waals surface area (Å²) in [5.41, 5.74) is 4.63. The maximum Gasteiger partial charge on any atom is 0.407 e. The summed E-state index contributed by atoms with van der Waals surface area (Å²) in [4.78, 5) is 36.2. The topological polar surface area (TPSA) is 105 Å². The summed E-state index contributed by atoms with van der Waals surface area (Å²) in [5, 5.41) is 14.6. The molecular weight excluding hydrogens is 432 g/mol. The van der Waals surface area contributed by atoms with E-state index in [1.54, 1.807) is 0 Å². The summed E-state index contributed by atoms with van der Waals surface area (Å²) >= 11 is 0. The molecule has 2 aromatic rings. The van der Waals surface area contributed by atoms with Crippen LogP contribution < -0.4 is 10.6 Å². The molecule has 0 spiro atoms. The van der Waals surface area contributed by atoms with Crippen molar-refractivity contribution in [3.05, 3.63) is 59.7 Å². The molecule has 34 heavy (non-hydrogen) atoms. The lowest BCUT2D eigenvalue weighted by Crippen LogP contribution is -2.40. The number of nitrogens with one attached hydrogen (secondary N) is 2. The van der Waals surface area contributed by atoms with Crippen LogP contribution in [0.5, 0.6) is 0 Å². The van der Waals surface area contributed by atoms with Crippen LogP contribution in [0.25, 0.3) is 11.1 Å². The van der Waals surface area contributed by atoms with Gasteiger partial charge in [0.1, 0.15) is 6.61 Å². The van der Waals surface area contributed by atoms with Gasteiger partial charge in [-0.1, -0.05) is 62.4 Å². The number of fused-ring (bicyclic) bond motifs is 3. The quantitative estimate of drug-likeness (QED) is 0.493. The fraction of sp³-hybridized carbons (Fsp3) is 0.444. The average molecular weight is 465 g/mol. The third-order valence-electron chi connectivity index (χ3n) is 6.74. The van der Waals surface area contributed by atoms with E-state index in [1.165, 1.54) is 11.1 Å². The molecule has 0 saturated heterocycles. The fourth-order valence-corrected chi connectivity index (χ4v) is 4.86. The van der Waals surface area contributed by atoms with Gasteiger partial charge in [-0.2, -0.15) is 0 Å². The molecule has 3 N–H and O–H groups in total. The molecule has 7 nitrogen and oxygen atoms in total. The van der Waals surface area contributed by atoms with Crippen LogP contribution in [0, 0.1) is 23.7 Å². The molecule has 0 bridgehead atoms. The van der Waals surface area contributed by atoms with Gasteiger partial charge in [0.15, 0.2) is 0 Å². The Hall–Kier alpha value is -3.35. The van der Waals surface area contributed by atoms with Crippen LogP contribution in [0.1, 0.15) is 43.7 Å². The Morgan fingerprint density at radius 1 is 1.00 bits per heavy atom. The Balaban J connectivity index is 1.29. The van der Waals surface area contributed by atoms with Crippen LogP contribution >= 0.6 is 0 Å². The van der Waals surface area contributed by atoms with Crippen molar-refractivity contribution in [1.82, 2.24) is 10.6 Å². The predicted octanol–water partition coefficient (Wildman–Crippen LogP) is 4.02. The number of rotatable bonds is 10. The zero-order chi connectivity index (χ0) is 24.2. The van der Waals surface area contributed by atoms with Gasteiger partial charge < -0.3 is 20.5 Å². The summed E-state index contributed by atoms with van der Waals surface area (Å²) < 4.78 is 5.58. The highest BCUT2D eigenvalue weighted by molar-refractivity contribution is 5.81. The number of hydrogen-bond donors (Lipinski definition) is 3. The van der Waals surface area contributed by atoms with Crippen molar-refractivity contribution >= 4 is 18.0 Å². The Bertz CT molecular complexity index is 1020. The summed E-state index contributed by atoms with van der Waals surface area (Å²) in [6.07, 6.45) is 0.668. The van der Waals surface area contributed by atoms with E-state index in [-0.39, 0.29) is 42.7 Å². The van der Waals surface area contributed by atoms with Crippen LogP contribution in [-0.4, -0.2) is 42.8 Å². The van der Waals surface area contributed by atoms with Crippen LogP contribution in [0.4, 0.5) is 4.79 Å². The lowest BCUT2D eigenvalue weighted by atomic mass is 9.96. The molecule has 7 heteroatoms. The lowest BCUT2D eigenvalue weighted by molar-refractivity contribution is -0.139. The van der Waals surface area contributed by atoms with Crippen molar-refractivity contribution in [1.29, 1.82) is 0 Å². The highest BCUT2D eigenvalue weighted by Crippen LogP contribution is 2.44. The molecule has 3 atom stereocenters. The first-order chi connectivity index (χ1) is 16.3. The number of carboxylic acids is 1. The molecule has 4 rings (SSSR count). The molecule has 0 aromatic heterocycles. The summed E-state index contributed by atoms with van der Waals surface area (Å²) in [6, 6.07) is 16.3. The number of carbonyl (C=O) groups excluding carboxylic acids is 2. The third-order valence-corrected chi connectivity index (χ3v) is 6.74. The number of aliphatic carboxylic acids is 1. The van der Waals surface area contributed by atoms with E-state index in [1.807, 2.05) is 38.1 Å². The number of benzene rings is 2. The Labute approximate surface area is 199 Å². The van der Waals surface area contributed by atoms with E-state index >= 15 is 0 Å². The van der Waals surface area contributed by atoms with Gasteiger partial charge in [-0.15, -0.1) is 0 Å². The van der Waals surface area contributed by atoms with E-state index in [4.69, 9.17) is 9.84 Å². The number of alkyl carbamates (subject to hydrolysis) is 1. The normalized spacial score (nSPS) is 19.1. The molecule has 1 fully saturated rings. The molecule has 0 radical (unpaired) electrons. The zero-order valence-electron chi connectivity index (χ0n) is 19.6. The van der Waals surface area contributed by atoms with Crippen molar-refractivity contribution in [3.63, 3.8) is 0 Å². The van der Waals surface area contributed by atoms with Crippen molar-refractivity contribution in [2.24, 2.45) is 23.7 Å². The molecule has 2 aliphatic carbocycles. The molecular formula is C27H32N2O5. The highest BCUT2D eigenvalue weighted by Gasteiger charge is 2.43. The molecule has 0 heterocycles. The minimum absolute atomic E-state index is 0.00348. The van der Waals surface area contributed by atoms with Crippen LogP contribution in [0.15, 0.2) is 48.5 Å². The van der Waals surface area contributed by atoms with Crippen molar-refractivity contribution in [3.8, 4) is 11.1 Å². The second-order valence-corrected chi connectivity index (χ2v) is 9.72. The smallest absolute Gasteiger partial charge is 0.407 e. The van der Waals surface area contributed by atoms with Crippen molar-refractivity contribution in [2.45, 2.75) is 32.6 Å². The first kappa shape index (κ1) is 23.8. The number of carbonyl (C=O) groups is 3. The number of hydrogen-bond acceptors (Lipinski definition) is 4. The Kier molecular flexibility index (Phi) is 7.20. The van der Waals surface area contributed by atoms with Crippen molar-refractivity contribution < 1.29 is 24.2 Å². The highest BCUT2D eigenvalue weighted by atomic mass is 16.5. The monoisotopic (exact) mass is 464 g/mol. The van der Waals surface area contributed by atoms with Gasteiger partial charge in [-0.05, 0) is 46.9 Å². The molecule has 3 unspecified atom stereocenters. The fourth-order valence-electron chi connectivity index (χ4n) is 4.86. The molecule has 2 aromatic carbocycles. The van der Waals surface area contributed by atoms with Gasteiger partial charge in [0.05, 0.1) is 11.8 Å². The largest absolute Gasteiger partial charge is 0.481 e. The van der Waals surface area contributed by atoms with Gasteiger partial charge in [0.25, 0.3) is 0 Å². The molecule has 0 aliphatic heterocycles. The first-order valence-corrected chi connectivity index (χ1v) is 11.9. The van der Waals surface area contributed by atoms with E-state index in [9.17, 15) is 14.4 Å². The van der Waals surface area contributed by atoms with Gasteiger partial charge in [0.2, 0.25) is 5.91 Å². The molecule has 2 aliphatic rings. The third kappa shape index (κ3) is 5.41. The van der Waals surface area contributed by atoms with E-state index in [2.05, 4.69) is 34.9 Å². The number of amides is 2. The second kappa shape index (κ2) is 10.3. The first-order valence-electron chi connectivity index (χ1n) is 11.9. The molecule has 180 valence electrons. The van der Waals surface area contributed by atoms with Crippen LogP contribution in [0.3, 0.4) is 0 Å². The van der Waals surface area contributed by atoms with Gasteiger partial charge >= 0.3 is 12.1 Å². The lowest BCUT2D eigenvalue weighted by Gasteiger charge is -2.20. The summed E-state index contributed by atoms with van der Waals surface area (Å²) in [7, 11) is 0. The maximum absolute atomic E-state index is 12.7. The minimum atomic E-state index is -0.810. The zero-order valence-corrected chi connectivity index (χ0v) is 19.6. The van der Waals surface area contributed by atoms with Gasteiger partial charge in [-0.3, -0.25) is 9.59 Å². The molecule has 1 saturated carbocycles. The van der Waals surface area contributed by atoms with E-state index < -0.39 is 18.0 Å². The SMILES string of the molecule is CC(C)CC(CNC(=O)OCC1c2ccccc2-c2ccccc21)C(=O)NCC1CC1C(=O)O. The average Bonchev–Trinajstić information content (AvgIpc) is 3.54. The maximum atomic E-state index is 12.7. The predicted molar refractivity (Wildman–Crippen MR) is 128 cm³/mol.